The summed E-state index contributed by atoms with van der Waals surface area (Å²) >= 11 is 0. The summed E-state index contributed by atoms with van der Waals surface area (Å²) < 4.78 is 0. The Labute approximate surface area is 170 Å². The Balaban J connectivity index is 1.51. The third-order valence-electron chi connectivity index (χ3n) is 7.36. The molecule has 0 amide bonds. The predicted molar refractivity (Wildman–Crippen MR) is 112 cm³/mol. The Hall–Kier alpha value is -2.75. The van der Waals surface area contributed by atoms with Crippen molar-refractivity contribution in [3.8, 4) is 22.6 Å². The maximum absolute atomic E-state index is 10.8. The lowest BCUT2D eigenvalue weighted by Gasteiger charge is -2.57. The van der Waals surface area contributed by atoms with E-state index in [1.54, 1.807) is 18.2 Å². The molecule has 150 valence electrons. The van der Waals surface area contributed by atoms with Gasteiger partial charge in [0, 0.05) is 17.2 Å². The molecule has 0 spiro atoms. The minimum Gasteiger partial charge on any atom is -0.508 e. The second-order valence-electron chi connectivity index (χ2n) is 9.38. The van der Waals surface area contributed by atoms with Gasteiger partial charge < -0.3 is 15.3 Å². The molecule has 6 rings (SSSR count). The molecular weight excluding hydrogens is 364 g/mol. The van der Waals surface area contributed by atoms with E-state index < -0.39 is 5.97 Å². The molecule has 0 unspecified atom stereocenters. The number of aromatic hydroxyl groups is 2. The highest BCUT2D eigenvalue weighted by Gasteiger charge is 2.52. The van der Waals surface area contributed by atoms with Gasteiger partial charge in [-0.05, 0) is 97.1 Å². The van der Waals surface area contributed by atoms with Crippen molar-refractivity contribution in [3.05, 3.63) is 53.6 Å². The highest BCUT2D eigenvalue weighted by molar-refractivity contribution is 5.85. The summed E-state index contributed by atoms with van der Waals surface area (Å²) in [6, 6.07) is 10.9. The first-order chi connectivity index (χ1) is 13.9. The standard InChI is InChI=1S/C25H26O4/c26-22-5-3-19(20-4-1-15(10-23(20)27)2-6-24(28)29)11-21(22)25-12-16-7-17(13-25)9-18(8-16)14-25/h1-6,10-11,16-18,26-27H,7-9,12-14H2,(H,28,29)/b6-2+. The van der Waals surface area contributed by atoms with E-state index in [2.05, 4.69) is 6.07 Å². The molecule has 4 bridgehead atoms. The second-order valence-corrected chi connectivity index (χ2v) is 9.38. The Bertz CT molecular complexity index is 969. The number of benzene rings is 2. The number of carbonyl (C=O) groups is 1. The second kappa shape index (κ2) is 6.65. The molecule has 4 aliphatic rings. The largest absolute Gasteiger partial charge is 0.508 e. The van der Waals surface area contributed by atoms with Crippen LogP contribution in [0.25, 0.3) is 17.2 Å². The van der Waals surface area contributed by atoms with Crippen molar-refractivity contribution >= 4 is 12.0 Å². The van der Waals surface area contributed by atoms with E-state index in [0.717, 1.165) is 35.0 Å². The lowest BCUT2D eigenvalue weighted by Crippen LogP contribution is -2.48. The van der Waals surface area contributed by atoms with Crippen molar-refractivity contribution in [2.45, 2.75) is 43.9 Å². The number of carboxylic acids is 1. The number of aliphatic carboxylic acids is 1. The van der Waals surface area contributed by atoms with Crippen molar-refractivity contribution in [2.24, 2.45) is 17.8 Å². The van der Waals surface area contributed by atoms with Gasteiger partial charge in [-0.25, -0.2) is 4.79 Å². The normalized spacial score (nSPS) is 30.1. The molecule has 4 heteroatoms. The average molecular weight is 390 g/mol. The Morgan fingerprint density at radius 3 is 2.14 bits per heavy atom. The van der Waals surface area contributed by atoms with Crippen LogP contribution in [0.4, 0.5) is 0 Å². The fraction of sp³-hybridized carbons (Fsp3) is 0.400. The molecule has 4 nitrogen and oxygen atoms in total. The van der Waals surface area contributed by atoms with Gasteiger partial charge in [0.2, 0.25) is 0 Å². The van der Waals surface area contributed by atoms with E-state index in [1.165, 1.54) is 44.6 Å². The van der Waals surface area contributed by atoms with E-state index in [-0.39, 0.29) is 11.2 Å². The molecular formula is C25H26O4. The third-order valence-corrected chi connectivity index (χ3v) is 7.36. The monoisotopic (exact) mass is 390 g/mol. The minimum absolute atomic E-state index is 0.0780. The molecule has 3 N–H and O–H groups in total. The third kappa shape index (κ3) is 3.21. The molecule has 4 saturated carbocycles. The van der Waals surface area contributed by atoms with Crippen LogP contribution in [0.2, 0.25) is 0 Å². The van der Waals surface area contributed by atoms with Crippen LogP contribution in [0.5, 0.6) is 11.5 Å². The predicted octanol–water partition coefficient (Wildman–Crippen LogP) is 5.33. The first kappa shape index (κ1) is 18.3. The first-order valence-electron chi connectivity index (χ1n) is 10.5. The molecule has 0 saturated heterocycles. The molecule has 2 aromatic carbocycles. The highest BCUT2D eigenvalue weighted by atomic mass is 16.4. The summed E-state index contributed by atoms with van der Waals surface area (Å²) in [4.78, 5) is 10.7. The van der Waals surface area contributed by atoms with E-state index in [4.69, 9.17) is 5.11 Å². The number of rotatable bonds is 4. The molecule has 0 aromatic heterocycles. The van der Waals surface area contributed by atoms with Gasteiger partial charge in [0.1, 0.15) is 11.5 Å². The summed E-state index contributed by atoms with van der Waals surface area (Å²) in [5, 5.41) is 30.1. The molecule has 29 heavy (non-hydrogen) atoms. The number of hydrogen-bond acceptors (Lipinski definition) is 3. The van der Waals surface area contributed by atoms with Crippen molar-refractivity contribution in [3.63, 3.8) is 0 Å². The Morgan fingerprint density at radius 2 is 1.55 bits per heavy atom. The zero-order valence-corrected chi connectivity index (χ0v) is 16.3. The zero-order valence-electron chi connectivity index (χ0n) is 16.3. The number of phenols is 2. The topological polar surface area (TPSA) is 77.8 Å². The van der Waals surface area contributed by atoms with Crippen LogP contribution in [0.3, 0.4) is 0 Å². The van der Waals surface area contributed by atoms with Gasteiger partial charge in [-0.1, -0.05) is 18.2 Å². The Morgan fingerprint density at radius 1 is 0.897 bits per heavy atom. The zero-order chi connectivity index (χ0) is 20.2. The van der Waals surface area contributed by atoms with E-state index in [0.29, 0.717) is 16.9 Å². The average Bonchev–Trinajstić information content (AvgIpc) is 2.66. The van der Waals surface area contributed by atoms with Crippen LogP contribution >= 0.6 is 0 Å². The van der Waals surface area contributed by atoms with Crippen molar-refractivity contribution in [1.29, 1.82) is 0 Å². The van der Waals surface area contributed by atoms with Crippen LogP contribution in [0.1, 0.15) is 49.7 Å². The van der Waals surface area contributed by atoms with Gasteiger partial charge >= 0.3 is 5.97 Å². The SMILES string of the molecule is O=C(O)/C=C/c1ccc(-c2ccc(O)c(C34CC5CC(CC(C5)C3)C4)c2)c(O)c1. The molecule has 0 heterocycles. The van der Waals surface area contributed by atoms with Crippen molar-refractivity contribution < 1.29 is 20.1 Å². The number of hydrogen-bond donors (Lipinski definition) is 3. The Kier molecular flexibility index (Phi) is 4.19. The molecule has 0 atom stereocenters. The number of carboxylic acid groups (broad SMARTS) is 1. The maximum Gasteiger partial charge on any atom is 0.328 e. The highest BCUT2D eigenvalue weighted by Crippen LogP contribution is 2.62. The summed E-state index contributed by atoms with van der Waals surface area (Å²) in [5.74, 6) is 1.83. The fourth-order valence-corrected chi connectivity index (χ4v) is 6.63. The van der Waals surface area contributed by atoms with Crippen molar-refractivity contribution in [1.82, 2.24) is 0 Å². The van der Waals surface area contributed by atoms with Gasteiger partial charge in [-0.15, -0.1) is 0 Å². The molecule has 0 aliphatic heterocycles. The minimum atomic E-state index is -1.02. The van der Waals surface area contributed by atoms with E-state index in [9.17, 15) is 15.0 Å². The lowest BCUT2D eigenvalue weighted by molar-refractivity contribution is -0.131. The molecule has 0 radical (unpaired) electrons. The lowest BCUT2D eigenvalue weighted by atomic mass is 9.48. The summed E-state index contributed by atoms with van der Waals surface area (Å²) in [6.07, 6.45) is 10.1. The van der Waals surface area contributed by atoms with Gasteiger partial charge in [0.25, 0.3) is 0 Å². The van der Waals surface area contributed by atoms with E-state index in [1.807, 2.05) is 12.1 Å². The first-order valence-corrected chi connectivity index (χ1v) is 10.5. The van der Waals surface area contributed by atoms with Gasteiger partial charge in [0.15, 0.2) is 0 Å². The van der Waals surface area contributed by atoms with Crippen LogP contribution in [-0.4, -0.2) is 21.3 Å². The van der Waals surface area contributed by atoms with Gasteiger partial charge in [-0.3, -0.25) is 0 Å². The number of phenolic OH excluding ortho intramolecular Hbond substituents is 2. The molecule has 4 fully saturated rings. The van der Waals surface area contributed by atoms with Crippen LogP contribution < -0.4 is 0 Å². The van der Waals surface area contributed by atoms with Gasteiger partial charge in [0.05, 0.1) is 0 Å². The van der Waals surface area contributed by atoms with Crippen molar-refractivity contribution in [2.75, 3.05) is 0 Å². The van der Waals surface area contributed by atoms with Crippen LogP contribution in [0, 0.1) is 17.8 Å². The molecule has 4 aliphatic carbocycles. The summed E-state index contributed by atoms with van der Waals surface area (Å²) in [6.45, 7) is 0. The van der Waals surface area contributed by atoms with Gasteiger partial charge in [-0.2, -0.15) is 0 Å². The summed E-state index contributed by atoms with van der Waals surface area (Å²) in [7, 11) is 0. The van der Waals surface area contributed by atoms with Crippen LogP contribution in [0.15, 0.2) is 42.5 Å². The maximum atomic E-state index is 10.8. The molecule has 2 aromatic rings. The van der Waals surface area contributed by atoms with E-state index >= 15 is 0 Å². The fourth-order valence-electron chi connectivity index (χ4n) is 6.63. The smallest absolute Gasteiger partial charge is 0.328 e. The quantitative estimate of drug-likeness (QED) is 0.617. The summed E-state index contributed by atoms with van der Waals surface area (Å²) in [5.41, 5.74) is 3.34. The van der Waals surface area contributed by atoms with Crippen LogP contribution in [-0.2, 0) is 10.2 Å².